The SMILES string of the molecule is Cc1cc(CN2CCOCC2)oc1C(=O)N1CCCCC1c1nc2ccccc2[nH]1. The molecule has 3 aromatic rings. The van der Waals surface area contributed by atoms with Crippen molar-refractivity contribution in [3.63, 3.8) is 0 Å². The number of likely N-dealkylation sites (tertiary alicyclic amines) is 1. The molecular formula is C23H28N4O3. The summed E-state index contributed by atoms with van der Waals surface area (Å²) < 4.78 is 11.5. The fraction of sp³-hybridized carbons (Fsp3) is 0.478. The van der Waals surface area contributed by atoms with E-state index in [0.29, 0.717) is 12.3 Å². The van der Waals surface area contributed by atoms with Gasteiger partial charge in [-0.25, -0.2) is 4.98 Å². The molecule has 0 radical (unpaired) electrons. The van der Waals surface area contributed by atoms with Gasteiger partial charge in [0.05, 0.1) is 36.8 Å². The van der Waals surface area contributed by atoms with Crippen molar-refractivity contribution in [3.05, 3.63) is 53.2 Å². The Morgan fingerprint density at radius 2 is 2.03 bits per heavy atom. The molecule has 7 heteroatoms. The molecule has 1 atom stereocenters. The maximum Gasteiger partial charge on any atom is 0.290 e. The Bertz CT molecular complexity index is 1000. The molecule has 5 rings (SSSR count). The third-order valence-electron chi connectivity index (χ3n) is 6.13. The van der Waals surface area contributed by atoms with Gasteiger partial charge in [-0.2, -0.15) is 0 Å². The van der Waals surface area contributed by atoms with E-state index in [1.54, 1.807) is 0 Å². The number of benzene rings is 1. The number of aromatic amines is 1. The lowest BCUT2D eigenvalue weighted by molar-refractivity contribution is 0.0307. The Morgan fingerprint density at radius 1 is 1.20 bits per heavy atom. The zero-order valence-corrected chi connectivity index (χ0v) is 17.4. The summed E-state index contributed by atoms with van der Waals surface area (Å²) in [5.41, 5.74) is 2.84. The van der Waals surface area contributed by atoms with Gasteiger partial charge in [-0.3, -0.25) is 9.69 Å². The summed E-state index contributed by atoms with van der Waals surface area (Å²) in [6.45, 7) is 6.67. The molecule has 0 bridgehead atoms. The number of carbonyl (C=O) groups is 1. The summed E-state index contributed by atoms with van der Waals surface area (Å²) in [4.78, 5) is 25.9. The first-order valence-electron chi connectivity index (χ1n) is 10.8. The number of piperidine rings is 1. The number of aromatic nitrogens is 2. The van der Waals surface area contributed by atoms with E-state index in [0.717, 1.165) is 80.3 Å². The zero-order chi connectivity index (χ0) is 20.5. The van der Waals surface area contributed by atoms with Gasteiger partial charge < -0.3 is 19.0 Å². The van der Waals surface area contributed by atoms with Gasteiger partial charge in [0.2, 0.25) is 0 Å². The number of rotatable bonds is 4. The van der Waals surface area contributed by atoms with Crippen LogP contribution in [0.25, 0.3) is 11.0 Å². The maximum absolute atomic E-state index is 13.5. The Kier molecular flexibility index (Phi) is 5.31. The summed E-state index contributed by atoms with van der Waals surface area (Å²) in [6, 6.07) is 9.96. The Morgan fingerprint density at radius 3 is 2.87 bits per heavy atom. The second-order valence-electron chi connectivity index (χ2n) is 8.26. The standard InChI is InChI=1S/C23H28N4O3/c1-16-14-17(15-26-10-12-29-13-11-26)30-21(16)23(28)27-9-5-4-8-20(27)22-24-18-6-2-3-7-19(18)25-22/h2-3,6-7,14,20H,4-5,8-13,15H2,1H3,(H,24,25). The minimum atomic E-state index is -0.0501. The van der Waals surface area contributed by atoms with E-state index in [4.69, 9.17) is 14.1 Å². The summed E-state index contributed by atoms with van der Waals surface area (Å²) >= 11 is 0. The highest BCUT2D eigenvalue weighted by atomic mass is 16.5. The van der Waals surface area contributed by atoms with E-state index in [9.17, 15) is 4.79 Å². The van der Waals surface area contributed by atoms with Gasteiger partial charge in [-0.15, -0.1) is 0 Å². The summed E-state index contributed by atoms with van der Waals surface area (Å²) in [6.07, 6.45) is 3.00. The molecule has 2 aliphatic rings. The van der Waals surface area contributed by atoms with Crippen LogP contribution in [0, 0.1) is 6.92 Å². The summed E-state index contributed by atoms with van der Waals surface area (Å²) in [5, 5.41) is 0. The van der Waals surface area contributed by atoms with Crippen molar-refractivity contribution >= 4 is 16.9 Å². The minimum absolute atomic E-state index is 0.0362. The van der Waals surface area contributed by atoms with E-state index in [2.05, 4.69) is 9.88 Å². The van der Waals surface area contributed by atoms with E-state index < -0.39 is 0 Å². The first-order chi connectivity index (χ1) is 14.7. The lowest BCUT2D eigenvalue weighted by atomic mass is 10.0. The number of amides is 1. The van der Waals surface area contributed by atoms with Crippen LogP contribution in [0.3, 0.4) is 0 Å². The van der Waals surface area contributed by atoms with Crippen LogP contribution in [0.2, 0.25) is 0 Å². The van der Waals surface area contributed by atoms with E-state index >= 15 is 0 Å². The lowest BCUT2D eigenvalue weighted by Crippen LogP contribution is -2.39. The highest BCUT2D eigenvalue weighted by molar-refractivity contribution is 5.93. The molecule has 0 saturated carbocycles. The second kappa shape index (κ2) is 8.24. The summed E-state index contributed by atoms with van der Waals surface area (Å²) in [5.74, 6) is 2.13. The van der Waals surface area contributed by atoms with Gasteiger partial charge in [0, 0.05) is 25.2 Å². The van der Waals surface area contributed by atoms with Gasteiger partial charge in [-0.05, 0) is 44.4 Å². The van der Waals surface area contributed by atoms with Crippen molar-refractivity contribution in [1.82, 2.24) is 19.8 Å². The fourth-order valence-corrected chi connectivity index (χ4v) is 4.54. The number of aryl methyl sites for hydroxylation is 1. The monoisotopic (exact) mass is 408 g/mol. The normalized spacial score (nSPS) is 20.7. The average molecular weight is 409 g/mol. The first kappa shape index (κ1) is 19.3. The Hall–Kier alpha value is -2.64. The molecule has 158 valence electrons. The van der Waals surface area contributed by atoms with Crippen LogP contribution in [-0.2, 0) is 11.3 Å². The minimum Gasteiger partial charge on any atom is -0.454 e. The van der Waals surface area contributed by atoms with Crippen LogP contribution in [0.1, 0.15) is 53.0 Å². The number of nitrogens with one attached hydrogen (secondary N) is 1. The number of H-pyrrole nitrogens is 1. The number of para-hydroxylation sites is 2. The molecule has 1 aromatic carbocycles. The number of imidazole rings is 1. The first-order valence-corrected chi connectivity index (χ1v) is 10.8. The molecular weight excluding hydrogens is 380 g/mol. The fourth-order valence-electron chi connectivity index (χ4n) is 4.54. The number of fused-ring (bicyclic) bond motifs is 1. The van der Waals surface area contributed by atoms with Gasteiger partial charge in [0.25, 0.3) is 5.91 Å². The molecule has 30 heavy (non-hydrogen) atoms. The Labute approximate surface area is 176 Å². The maximum atomic E-state index is 13.5. The molecule has 0 spiro atoms. The predicted octanol–water partition coefficient (Wildman–Crippen LogP) is 3.66. The van der Waals surface area contributed by atoms with Gasteiger partial charge in [0.1, 0.15) is 11.6 Å². The van der Waals surface area contributed by atoms with Crippen LogP contribution in [0.4, 0.5) is 0 Å². The van der Waals surface area contributed by atoms with Crippen molar-refractivity contribution in [3.8, 4) is 0 Å². The van der Waals surface area contributed by atoms with Gasteiger partial charge >= 0.3 is 0 Å². The van der Waals surface area contributed by atoms with Crippen molar-refractivity contribution in [2.45, 2.75) is 38.8 Å². The van der Waals surface area contributed by atoms with Crippen LogP contribution in [0.5, 0.6) is 0 Å². The molecule has 1 unspecified atom stereocenters. The highest BCUT2D eigenvalue weighted by Gasteiger charge is 2.33. The van der Waals surface area contributed by atoms with Crippen molar-refractivity contribution in [1.29, 1.82) is 0 Å². The average Bonchev–Trinajstić information content (AvgIpc) is 3.37. The predicted molar refractivity (Wildman–Crippen MR) is 113 cm³/mol. The molecule has 2 saturated heterocycles. The van der Waals surface area contributed by atoms with E-state index in [-0.39, 0.29) is 11.9 Å². The zero-order valence-electron chi connectivity index (χ0n) is 17.4. The van der Waals surface area contributed by atoms with Crippen LogP contribution < -0.4 is 0 Å². The number of hydrogen-bond acceptors (Lipinski definition) is 5. The number of morpholine rings is 1. The van der Waals surface area contributed by atoms with Crippen molar-refractivity contribution in [2.75, 3.05) is 32.8 Å². The van der Waals surface area contributed by atoms with Gasteiger partial charge in [0.15, 0.2) is 5.76 Å². The van der Waals surface area contributed by atoms with Gasteiger partial charge in [-0.1, -0.05) is 12.1 Å². The Balaban J connectivity index is 1.38. The highest BCUT2D eigenvalue weighted by Crippen LogP contribution is 2.32. The van der Waals surface area contributed by atoms with Crippen LogP contribution in [0.15, 0.2) is 34.7 Å². The quantitative estimate of drug-likeness (QED) is 0.713. The largest absolute Gasteiger partial charge is 0.454 e. The number of carbonyl (C=O) groups excluding carboxylic acids is 1. The summed E-state index contributed by atoms with van der Waals surface area (Å²) in [7, 11) is 0. The van der Waals surface area contributed by atoms with E-state index in [1.807, 2.05) is 42.2 Å². The molecule has 1 amide bonds. The second-order valence-corrected chi connectivity index (χ2v) is 8.26. The van der Waals surface area contributed by atoms with Crippen LogP contribution in [-0.4, -0.2) is 58.5 Å². The molecule has 1 N–H and O–H groups in total. The number of nitrogens with zero attached hydrogens (tertiary/aromatic N) is 3. The molecule has 2 aliphatic heterocycles. The smallest absolute Gasteiger partial charge is 0.290 e. The molecule has 7 nitrogen and oxygen atoms in total. The van der Waals surface area contributed by atoms with Crippen molar-refractivity contribution < 1.29 is 13.9 Å². The molecule has 2 aromatic heterocycles. The third-order valence-corrected chi connectivity index (χ3v) is 6.13. The topological polar surface area (TPSA) is 74.6 Å². The number of ether oxygens (including phenoxy) is 1. The number of furan rings is 1. The molecule has 2 fully saturated rings. The van der Waals surface area contributed by atoms with E-state index in [1.165, 1.54) is 0 Å². The number of hydrogen-bond donors (Lipinski definition) is 1. The van der Waals surface area contributed by atoms with Crippen molar-refractivity contribution in [2.24, 2.45) is 0 Å². The lowest BCUT2D eigenvalue weighted by Gasteiger charge is -2.34. The molecule has 0 aliphatic carbocycles. The third kappa shape index (κ3) is 3.75. The van der Waals surface area contributed by atoms with Crippen LogP contribution >= 0.6 is 0 Å². The molecule has 4 heterocycles.